The monoisotopic (exact) mass is 411 g/mol. The van der Waals surface area contributed by atoms with E-state index in [9.17, 15) is 14.3 Å². The molecular formula is C20H18FN5O4. The predicted octanol–water partition coefficient (Wildman–Crippen LogP) is 2.83. The lowest BCUT2D eigenvalue weighted by molar-refractivity contribution is 0.0625. The molecule has 154 valence electrons. The fourth-order valence-corrected chi connectivity index (χ4v) is 3.71. The number of benzene rings is 1. The smallest absolute Gasteiger partial charge is 0.292 e. The predicted molar refractivity (Wildman–Crippen MR) is 101 cm³/mol. The van der Waals surface area contributed by atoms with Crippen molar-refractivity contribution in [1.82, 2.24) is 24.8 Å². The summed E-state index contributed by atoms with van der Waals surface area (Å²) in [7, 11) is 0. The van der Waals surface area contributed by atoms with Crippen molar-refractivity contribution < 1.29 is 23.1 Å². The second kappa shape index (κ2) is 6.77. The van der Waals surface area contributed by atoms with Crippen LogP contribution in [0, 0.1) is 12.7 Å². The first-order valence-electron chi connectivity index (χ1n) is 9.47. The molecule has 0 saturated carbocycles. The maximum absolute atomic E-state index is 13.6. The summed E-state index contributed by atoms with van der Waals surface area (Å²) in [5.74, 6) is -0.509. The number of nitrogens with one attached hydrogen (secondary N) is 1. The highest BCUT2D eigenvalue weighted by atomic mass is 19.1. The van der Waals surface area contributed by atoms with Crippen LogP contribution >= 0.6 is 0 Å². The molecule has 10 heteroatoms. The average Bonchev–Trinajstić information content (AvgIpc) is 3.43. The SMILES string of the molecule is Cc1nc([C@@H](C)O)oc1C(=O)N1CCc2[nH]cnc2[C@H]1c1nc2cc(F)ccc2o1. The molecule has 0 fully saturated rings. The first-order chi connectivity index (χ1) is 14.4. The first kappa shape index (κ1) is 18.5. The highest BCUT2D eigenvalue weighted by molar-refractivity contribution is 5.93. The van der Waals surface area contributed by atoms with Crippen LogP contribution in [0.2, 0.25) is 0 Å². The number of amides is 1. The molecule has 3 aromatic heterocycles. The lowest BCUT2D eigenvalue weighted by atomic mass is 10.0. The standard InChI is InChI=1S/C20H18FN5O4/c1-9-17(30-18(24-9)10(2)27)20(28)26-6-5-12-15(23-8-22-12)16(26)19-25-13-7-11(21)3-4-14(13)29-19/h3-4,7-8,10,16,27H,5-6H2,1-2H3,(H,22,23)/t10-,16+/m1/s1. The molecular weight excluding hydrogens is 393 g/mol. The van der Waals surface area contributed by atoms with Crippen LogP contribution in [0.25, 0.3) is 11.1 Å². The van der Waals surface area contributed by atoms with E-state index in [1.165, 1.54) is 25.1 Å². The highest BCUT2D eigenvalue weighted by Crippen LogP contribution is 2.36. The van der Waals surface area contributed by atoms with Crippen LogP contribution < -0.4 is 0 Å². The number of aliphatic hydroxyl groups excluding tert-OH is 1. The van der Waals surface area contributed by atoms with Crippen LogP contribution in [-0.2, 0) is 6.42 Å². The molecule has 5 rings (SSSR count). The number of halogens is 1. The number of hydrogen-bond acceptors (Lipinski definition) is 7. The number of carbonyl (C=O) groups excluding carboxylic acids is 1. The summed E-state index contributed by atoms with van der Waals surface area (Å²) in [6, 6.07) is 3.34. The minimum Gasteiger partial charge on any atom is -0.438 e. The van der Waals surface area contributed by atoms with Gasteiger partial charge in [-0.3, -0.25) is 4.79 Å². The topological polar surface area (TPSA) is 121 Å². The van der Waals surface area contributed by atoms with Gasteiger partial charge in [0.2, 0.25) is 17.5 Å². The number of rotatable bonds is 3. The number of aliphatic hydroxyl groups is 1. The number of carbonyl (C=O) groups is 1. The number of aromatic nitrogens is 4. The molecule has 9 nitrogen and oxygen atoms in total. The minimum absolute atomic E-state index is 0.0389. The van der Waals surface area contributed by atoms with Crippen LogP contribution in [0.3, 0.4) is 0 Å². The third-order valence-corrected chi connectivity index (χ3v) is 5.15. The Morgan fingerprint density at radius 3 is 2.97 bits per heavy atom. The van der Waals surface area contributed by atoms with Gasteiger partial charge in [0.25, 0.3) is 5.91 Å². The van der Waals surface area contributed by atoms with Gasteiger partial charge < -0.3 is 23.8 Å². The average molecular weight is 411 g/mol. The van der Waals surface area contributed by atoms with Crippen molar-refractivity contribution in [3.8, 4) is 0 Å². The van der Waals surface area contributed by atoms with E-state index >= 15 is 0 Å². The Morgan fingerprint density at radius 1 is 1.37 bits per heavy atom. The van der Waals surface area contributed by atoms with Gasteiger partial charge in [-0.2, -0.15) is 0 Å². The maximum Gasteiger partial charge on any atom is 0.292 e. The molecule has 0 aliphatic carbocycles. The number of H-pyrrole nitrogens is 1. The van der Waals surface area contributed by atoms with E-state index in [4.69, 9.17) is 8.83 Å². The van der Waals surface area contributed by atoms with Gasteiger partial charge >= 0.3 is 0 Å². The summed E-state index contributed by atoms with van der Waals surface area (Å²) >= 11 is 0. The zero-order chi connectivity index (χ0) is 21.0. The molecule has 30 heavy (non-hydrogen) atoms. The Labute approximate surface area is 169 Å². The molecule has 1 amide bonds. The summed E-state index contributed by atoms with van der Waals surface area (Å²) in [6.45, 7) is 3.51. The lowest BCUT2D eigenvalue weighted by Crippen LogP contribution is -2.41. The quantitative estimate of drug-likeness (QED) is 0.532. The normalized spacial score (nSPS) is 17.3. The van der Waals surface area contributed by atoms with Crippen LogP contribution in [0.15, 0.2) is 33.4 Å². The summed E-state index contributed by atoms with van der Waals surface area (Å²) in [4.78, 5) is 30.9. The van der Waals surface area contributed by atoms with E-state index in [0.29, 0.717) is 35.5 Å². The van der Waals surface area contributed by atoms with Gasteiger partial charge in [-0.25, -0.2) is 19.3 Å². The van der Waals surface area contributed by atoms with E-state index in [1.807, 2.05) is 0 Å². The van der Waals surface area contributed by atoms with E-state index in [2.05, 4.69) is 19.9 Å². The molecule has 2 N–H and O–H groups in total. The largest absolute Gasteiger partial charge is 0.438 e. The number of imidazole rings is 1. The molecule has 0 saturated heterocycles. The summed E-state index contributed by atoms with van der Waals surface area (Å²) in [6.07, 6.45) is 1.18. The Morgan fingerprint density at radius 2 is 2.20 bits per heavy atom. The molecule has 1 aliphatic heterocycles. The fraction of sp³-hybridized carbons (Fsp3) is 0.300. The van der Waals surface area contributed by atoms with Gasteiger partial charge in [-0.05, 0) is 26.0 Å². The first-order valence-corrected chi connectivity index (χ1v) is 9.47. The van der Waals surface area contributed by atoms with Gasteiger partial charge in [-0.15, -0.1) is 0 Å². The Hall–Kier alpha value is -3.53. The van der Waals surface area contributed by atoms with Crippen molar-refractivity contribution in [3.63, 3.8) is 0 Å². The summed E-state index contributed by atoms with van der Waals surface area (Å²) < 4.78 is 25.0. The van der Waals surface area contributed by atoms with E-state index < -0.39 is 23.9 Å². The van der Waals surface area contributed by atoms with Crippen molar-refractivity contribution in [2.45, 2.75) is 32.4 Å². The van der Waals surface area contributed by atoms with Crippen LogP contribution in [-0.4, -0.2) is 42.4 Å². The zero-order valence-corrected chi connectivity index (χ0v) is 16.2. The molecule has 0 radical (unpaired) electrons. The van der Waals surface area contributed by atoms with E-state index in [1.54, 1.807) is 18.2 Å². The second-order valence-electron chi connectivity index (χ2n) is 7.22. The molecule has 1 aliphatic rings. The van der Waals surface area contributed by atoms with Crippen molar-refractivity contribution in [2.24, 2.45) is 0 Å². The summed E-state index contributed by atoms with van der Waals surface area (Å²) in [5.41, 5.74) is 2.62. The Bertz CT molecular complexity index is 1260. The number of hydrogen-bond donors (Lipinski definition) is 2. The van der Waals surface area contributed by atoms with E-state index in [0.717, 1.165) is 5.69 Å². The lowest BCUT2D eigenvalue weighted by Gasteiger charge is -2.32. The Balaban J connectivity index is 1.60. The number of nitrogens with zero attached hydrogens (tertiary/aromatic N) is 4. The Kier molecular flexibility index (Phi) is 4.17. The maximum atomic E-state index is 13.6. The van der Waals surface area contributed by atoms with Gasteiger partial charge in [0, 0.05) is 24.7 Å². The fourth-order valence-electron chi connectivity index (χ4n) is 3.71. The summed E-state index contributed by atoms with van der Waals surface area (Å²) in [5, 5.41) is 9.74. The van der Waals surface area contributed by atoms with Gasteiger partial charge in [0.05, 0.1) is 17.7 Å². The molecule has 4 aromatic rings. The highest BCUT2D eigenvalue weighted by Gasteiger charge is 2.39. The van der Waals surface area contributed by atoms with Crippen LogP contribution in [0.1, 0.15) is 58.5 Å². The molecule has 1 aromatic carbocycles. The van der Waals surface area contributed by atoms with Crippen LogP contribution in [0.4, 0.5) is 4.39 Å². The number of aromatic amines is 1. The number of aryl methyl sites for hydroxylation is 1. The van der Waals surface area contributed by atoms with E-state index in [-0.39, 0.29) is 17.5 Å². The third-order valence-electron chi connectivity index (χ3n) is 5.15. The molecule has 2 atom stereocenters. The van der Waals surface area contributed by atoms with Crippen molar-refractivity contribution >= 4 is 17.0 Å². The van der Waals surface area contributed by atoms with Gasteiger partial charge in [0.1, 0.15) is 17.4 Å². The minimum atomic E-state index is -0.938. The molecule has 4 heterocycles. The van der Waals surface area contributed by atoms with Crippen LogP contribution in [0.5, 0.6) is 0 Å². The van der Waals surface area contributed by atoms with Crippen molar-refractivity contribution in [1.29, 1.82) is 0 Å². The second-order valence-corrected chi connectivity index (χ2v) is 7.22. The van der Waals surface area contributed by atoms with Gasteiger partial charge in [0.15, 0.2) is 11.6 Å². The number of fused-ring (bicyclic) bond motifs is 2. The zero-order valence-electron chi connectivity index (χ0n) is 16.2. The van der Waals surface area contributed by atoms with Crippen molar-refractivity contribution in [3.05, 3.63) is 65.0 Å². The number of oxazole rings is 2. The molecule has 0 spiro atoms. The molecule has 0 unspecified atom stereocenters. The third kappa shape index (κ3) is 2.88. The molecule has 0 bridgehead atoms. The van der Waals surface area contributed by atoms with Crippen molar-refractivity contribution in [2.75, 3.05) is 6.54 Å². The van der Waals surface area contributed by atoms with Gasteiger partial charge in [-0.1, -0.05) is 0 Å².